The van der Waals surface area contributed by atoms with Gasteiger partial charge in [0.1, 0.15) is 12.6 Å². The molecule has 200 valence electrons. The standard InChI is InChI=1S/C12H16N6O4.C10H6F3N3/c1-6(9(13)20)18-5-15-10-8(18)11(21)17(4-7(19)14-2)12(22)16(10)3;11-10(12,13)9-15-5-7(6-16-9)8-3-1-2-4-14-8/h5-6H,4H2,1-3H3,(H2,13,20)(H,14,19);1-6H/t6-;/m0./s1. The van der Waals surface area contributed by atoms with E-state index in [1.807, 2.05) is 0 Å². The molecule has 0 spiro atoms. The normalized spacial score (nSPS) is 11.9. The Balaban J connectivity index is 0.000000221. The molecule has 0 fully saturated rings. The quantitative estimate of drug-likeness (QED) is 0.367. The van der Waals surface area contributed by atoms with Gasteiger partial charge in [0.15, 0.2) is 11.2 Å². The number of aromatic nitrogens is 7. The maximum absolute atomic E-state index is 12.5. The summed E-state index contributed by atoms with van der Waals surface area (Å²) in [5, 5.41) is 2.34. The monoisotopic (exact) mass is 533 g/mol. The second-order valence-corrected chi connectivity index (χ2v) is 7.82. The lowest BCUT2D eigenvalue weighted by Crippen LogP contribution is -2.43. The molecule has 4 heterocycles. The summed E-state index contributed by atoms with van der Waals surface area (Å²) >= 11 is 0. The van der Waals surface area contributed by atoms with Gasteiger partial charge in [0.05, 0.1) is 12.0 Å². The van der Waals surface area contributed by atoms with Crippen molar-refractivity contribution in [2.45, 2.75) is 25.7 Å². The predicted molar refractivity (Wildman–Crippen MR) is 127 cm³/mol. The number of fused-ring (bicyclic) bond motifs is 1. The Bertz CT molecular complexity index is 1580. The molecule has 0 aromatic carbocycles. The summed E-state index contributed by atoms with van der Waals surface area (Å²) in [6.45, 7) is 1.09. The van der Waals surface area contributed by atoms with Crippen molar-refractivity contribution in [1.82, 2.24) is 39.0 Å². The number of aryl methyl sites for hydroxylation is 1. The molecule has 1 atom stereocenters. The zero-order valence-electron chi connectivity index (χ0n) is 20.3. The third kappa shape index (κ3) is 5.74. The minimum Gasteiger partial charge on any atom is -0.368 e. The van der Waals surface area contributed by atoms with E-state index in [0.29, 0.717) is 11.3 Å². The summed E-state index contributed by atoms with van der Waals surface area (Å²) in [6.07, 6.45) is 0.525. The molecule has 16 heteroatoms. The molecule has 13 nitrogen and oxygen atoms in total. The lowest BCUT2D eigenvalue weighted by atomic mass is 10.2. The summed E-state index contributed by atoms with van der Waals surface area (Å²) < 4.78 is 39.8. The average molecular weight is 533 g/mol. The number of likely N-dealkylation sites (N-methyl/N-ethyl adjacent to an activating group) is 1. The van der Waals surface area contributed by atoms with Gasteiger partial charge in [0, 0.05) is 38.2 Å². The van der Waals surface area contributed by atoms with Crippen molar-refractivity contribution in [1.29, 1.82) is 0 Å². The molecule has 4 aromatic heterocycles. The van der Waals surface area contributed by atoms with E-state index in [0.717, 1.165) is 21.5 Å². The Morgan fingerprint density at radius 1 is 1.11 bits per heavy atom. The van der Waals surface area contributed by atoms with Crippen LogP contribution in [0.2, 0.25) is 0 Å². The number of nitrogens with one attached hydrogen (secondary N) is 1. The van der Waals surface area contributed by atoms with E-state index in [-0.39, 0.29) is 11.2 Å². The summed E-state index contributed by atoms with van der Waals surface area (Å²) in [5.41, 5.74) is 5.03. The van der Waals surface area contributed by atoms with Crippen LogP contribution in [0.3, 0.4) is 0 Å². The fraction of sp³-hybridized carbons (Fsp3) is 0.273. The SMILES string of the molecule is CNC(=O)Cn1c(=O)c2c(ncn2[C@@H](C)C(N)=O)n(C)c1=O.FC(F)(F)c1ncc(-c2ccccn2)cn1. The molecule has 0 saturated heterocycles. The number of primary amides is 1. The van der Waals surface area contributed by atoms with Crippen LogP contribution in [0.25, 0.3) is 22.4 Å². The molecule has 0 aliphatic rings. The van der Waals surface area contributed by atoms with E-state index in [1.165, 1.54) is 31.9 Å². The molecular formula is C22H22F3N9O4. The second kappa shape index (κ2) is 11.0. The van der Waals surface area contributed by atoms with Crippen LogP contribution in [0, 0.1) is 0 Å². The predicted octanol–water partition coefficient (Wildman–Crippen LogP) is 0.246. The molecule has 2 amide bonds. The molecular weight excluding hydrogens is 511 g/mol. The molecule has 0 radical (unpaired) electrons. The molecule has 0 unspecified atom stereocenters. The van der Waals surface area contributed by atoms with Crippen LogP contribution < -0.4 is 22.3 Å². The summed E-state index contributed by atoms with van der Waals surface area (Å²) in [5.74, 6) is -2.29. The van der Waals surface area contributed by atoms with Crippen LogP contribution in [-0.4, -0.2) is 52.5 Å². The van der Waals surface area contributed by atoms with Gasteiger partial charge in [-0.25, -0.2) is 24.3 Å². The van der Waals surface area contributed by atoms with Crippen molar-refractivity contribution in [2.24, 2.45) is 12.8 Å². The van der Waals surface area contributed by atoms with Crippen molar-refractivity contribution in [3.63, 3.8) is 0 Å². The Hall–Kier alpha value is -4.89. The number of hydrogen-bond acceptors (Lipinski definition) is 8. The topological polar surface area (TPSA) is 173 Å². The Morgan fingerprint density at radius 3 is 2.29 bits per heavy atom. The van der Waals surface area contributed by atoms with E-state index in [1.54, 1.807) is 24.4 Å². The maximum Gasteiger partial charge on any atom is 0.451 e. The number of imidazole rings is 1. The smallest absolute Gasteiger partial charge is 0.368 e. The highest BCUT2D eigenvalue weighted by atomic mass is 19.4. The fourth-order valence-corrected chi connectivity index (χ4v) is 3.22. The number of nitrogens with two attached hydrogens (primary N) is 1. The van der Waals surface area contributed by atoms with Crippen molar-refractivity contribution >= 4 is 23.0 Å². The first kappa shape index (κ1) is 27.7. The molecule has 0 bridgehead atoms. The number of nitrogens with zero attached hydrogens (tertiary/aromatic N) is 7. The van der Waals surface area contributed by atoms with Gasteiger partial charge in [-0.2, -0.15) is 13.2 Å². The Morgan fingerprint density at radius 2 is 1.76 bits per heavy atom. The third-order valence-electron chi connectivity index (χ3n) is 5.33. The largest absolute Gasteiger partial charge is 0.451 e. The highest BCUT2D eigenvalue weighted by Gasteiger charge is 2.34. The number of pyridine rings is 1. The van der Waals surface area contributed by atoms with Crippen molar-refractivity contribution < 1.29 is 22.8 Å². The van der Waals surface area contributed by atoms with E-state index in [2.05, 4.69) is 25.3 Å². The number of rotatable bonds is 5. The van der Waals surface area contributed by atoms with Crippen LogP contribution in [0.15, 0.2) is 52.7 Å². The van der Waals surface area contributed by atoms with Crippen molar-refractivity contribution in [3.8, 4) is 11.3 Å². The third-order valence-corrected chi connectivity index (χ3v) is 5.33. The molecule has 4 aromatic rings. The van der Waals surface area contributed by atoms with Crippen LogP contribution in [0.4, 0.5) is 13.2 Å². The molecule has 3 N–H and O–H groups in total. The molecule has 4 rings (SSSR count). The number of hydrogen-bond donors (Lipinski definition) is 2. The molecule has 0 saturated carbocycles. The lowest BCUT2D eigenvalue weighted by Gasteiger charge is -2.12. The van der Waals surface area contributed by atoms with Crippen molar-refractivity contribution in [3.05, 3.63) is 69.8 Å². The highest BCUT2D eigenvalue weighted by molar-refractivity contribution is 5.81. The highest BCUT2D eigenvalue weighted by Crippen LogP contribution is 2.26. The van der Waals surface area contributed by atoms with Gasteiger partial charge in [-0.1, -0.05) is 6.07 Å². The van der Waals surface area contributed by atoms with Gasteiger partial charge in [-0.05, 0) is 19.1 Å². The molecule has 38 heavy (non-hydrogen) atoms. The summed E-state index contributed by atoms with van der Waals surface area (Å²) in [4.78, 5) is 62.0. The minimum absolute atomic E-state index is 0.0392. The second-order valence-electron chi connectivity index (χ2n) is 7.82. The van der Waals surface area contributed by atoms with Crippen LogP contribution in [0.5, 0.6) is 0 Å². The fourth-order valence-electron chi connectivity index (χ4n) is 3.22. The van der Waals surface area contributed by atoms with Crippen LogP contribution >= 0.6 is 0 Å². The maximum atomic E-state index is 12.5. The van der Waals surface area contributed by atoms with Gasteiger partial charge in [0.25, 0.3) is 5.56 Å². The first-order valence-corrected chi connectivity index (χ1v) is 10.8. The zero-order valence-corrected chi connectivity index (χ0v) is 20.3. The number of alkyl halides is 3. The van der Waals surface area contributed by atoms with Gasteiger partial charge in [0.2, 0.25) is 17.6 Å². The van der Waals surface area contributed by atoms with E-state index in [4.69, 9.17) is 5.73 Å². The first-order valence-electron chi connectivity index (χ1n) is 10.8. The summed E-state index contributed by atoms with van der Waals surface area (Å²) in [7, 11) is 2.83. The van der Waals surface area contributed by atoms with Gasteiger partial charge < -0.3 is 15.6 Å². The number of amides is 2. The van der Waals surface area contributed by atoms with Gasteiger partial charge >= 0.3 is 11.9 Å². The lowest BCUT2D eigenvalue weighted by molar-refractivity contribution is -0.145. The Labute approximate surface area is 211 Å². The first-order chi connectivity index (χ1) is 17.9. The zero-order chi connectivity index (χ0) is 28.2. The van der Waals surface area contributed by atoms with Crippen LogP contribution in [0.1, 0.15) is 18.8 Å². The minimum atomic E-state index is -4.51. The summed E-state index contributed by atoms with van der Waals surface area (Å²) in [6, 6.07) is 4.31. The van der Waals surface area contributed by atoms with Crippen molar-refractivity contribution in [2.75, 3.05) is 7.05 Å². The Kier molecular flexibility index (Phi) is 8.03. The van der Waals surface area contributed by atoms with Gasteiger partial charge in [-0.3, -0.25) is 23.9 Å². The number of halogens is 3. The van der Waals surface area contributed by atoms with E-state index in [9.17, 15) is 32.3 Å². The van der Waals surface area contributed by atoms with Gasteiger partial charge in [-0.15, -0.1) is 0 Å². The molecule has 0 aliphatic heterocycles. The number of carbonyl (C=O) groups excluding carboxylic acids is 2. The van der Waals surface area contributed by atoms with E-state index >= 15 is 0 Å². The molecule has 0 aliphatic carbocycles. The van der Waals surface area contributed by atoms with E-state index < -0.39 is 47.7 Å². The number of carbonyl (C=O) groups is 2. The van der Waals surface area contributed by atoms with Crippen LogP contribution in [-0.2, 0) is 29.4 Å². The average Bonchev–Trinajstić information content (AvgIpc) is 3.35.